The molecular weight excluding hydrogens is 312 g/mol. The van der Waals surface area contributed by atoms with E-state index < -0.39 is 0 Å². The molecule has 7 heteroatoms. The van der Waals surface area contributed by atoms with Crippen molar-refractivity contribution in [3.63, 3.8) is 0 Å². The van der Waals surface area contributed by atoms with Gasteiger partial charge in [0.2, 0.25) is 5.91 Å². The maximum atomic E-state index is 11.9. The monoisotopic (exact) mass is 332 g/mol. The fraction of sp³-hybridized carbons (Fsp3) is 0.500. The van der Waals surface area contributed by atoms with Gasteiger partial charge in [-0.3, -0.25) is 10.1 Å². The first kappa shape index (κ1) is 17.9. The summed E-state index contributed by atoms with van der Waals surface area (Å²) in [5.74, 6) is 3.13. The molecule has 2 rings (SSSR count). The summed E-state index contributed by atoms with van der Waals surface area (Å²) in [6, 6.07) is 5.62. The first-order chi connectivity index (χ1) is 9.74. The first-order valence-electron chi connectivity index (χ1n) is 6.63. The van der Waals surface area contributed by atoms with E-state index >= 15 is 0 Å². The smallest absolute Gasteiger partial charge is 0.238 e. The number of ether oxygens (including phenoxy) is 2. The zero-order valence-electron chi connectivity index (χ0n) is 12.2. The van der Waals surface area contributed by atoms with E-state index in [0.717, 1.165) is 22.9 Å². The quantitative estimate of drug-likeness (QED) is 0.832. The van der Waals surface area contributed by atoms with Gasteiger partial charge in [-0.1, -0.05) is 6.07 Å². The molecule has 0 saturated carbocycles. The number of rotatable bonds is 6. The Kier molecular flexibility index (Phi) is 7.71. The van der Waals surface area contributed by atoms with E-state index in [1.54, 1.807) is 18.9 Å². The number of hydrogen-bond acceptors (Lipinski definition) is 5. The van der Waals surface area contributed by atoms with Gasteiger partial charge in [0.25, 0.3) is 0 Å². The molecule has 1 fully saturated rings. The highest BCUT2D eigenvalue weighted by Crippen LogP contribution is 2.27. The minimum atomic E-state index is -0.0791. The predicted molar refractivity (Wildman–Crippen MR) is 87.5 cm³/mol. The van der Waals surface area contributed by atoms with Gasteiger partial charge in [0.1, 0.15) is 0 Å². The fourth-order valence-electron chi connectivity index (χ4n) is 1.97. The van der Waals surface area contributed by atoms with Crippen LogP contribution in [0.1, 0.15) is 12.5 Å². The van der Waals surface area contributed by atoms with Gasteiger partial charge < -0.3 is 14.8 Å². The number of carbonyl (C=O) groups excluding carboxylic acids is 1. The van der Waals surface area contributed by atoms with Crippen LogP contribution in [0.2, 0.25) is 0 Å². The number of carbonyl (C=O) groups is 1. The lowest BCUT2D eigenvalue weighted by molar-refractivity contribution is -0.122. The number of nitrogens with one attached hydrogen (secondary N) is 2. The predicted octanol–water partition coefficient (Wildman–Crippen LogP) is 1.79. The molecule has 1 atom stereocenters. The van der Waals surface area contributed by atoms with Crippen molar-refractivity contribution < 1.29 is 14.3 Å². The van der Waals surface area contributed by atoms with E-state index in [2.05, 4.69) is 10.6 Å². The molecule has 0 spiro atoms. The second kappa shape index (κ2) is 9.02. The molecule has 0 radical (unpaired) electrons. The van der Waals surface area contributed by atoms with Crippen molar-refractivity contribution in [3.8, 4) is 11.5 Å². The first-order valence-corrected chi connectivity index (χ1v) is 7.78. The number of methoxy groups -OCH3 is 1. The summed E-state index contributed by atoms with van der Waals surface area (Å²) in [6.45, 7) is 3.02. The lowest BCUT2D eigenvalue weighted by atomic mass is 10.2. The van der Waals surface area contributed by atoms with Crippen LogP contribution in [0, 0.1) is 0 Å². The summed E-state index contributed by atoms with van der Waals surface area (Å²) in [5, 5.41) is 6.08. The fourth-order valence-corrected chi connectivity index (χ4v) is 2.91. The Hall–Kier alpha value is -1.11. The Morgan fingerprint density at radius 2 is 2.29 bits per heavy atom. The standard InChI is InChI=1S/C14H20N2O3S.ClH/c1-3-19-12-5-4-10(6-13(12)18-2)7-15-14(17)11-8-20-9-16-11;/h4-6,11,16H,3,7-9H2,1-2H3,(H,15,17);1H. The van der Waals surface area contributed by atoms with Crippen molar-refractivity contribution in [2.24, 2.45) is 0 Å². The van der Waals surface area contributed by atoms with Crippen LogP contribution in [0.5, 0.6) is 11.5 Å². The van der Waals surface area contributed by atoms with Gasteiger partial charge in [-0.25, -0.2) is 0 Å². The van der Waals surface area contributed by atoms with Gasteiger partial charge in [0.05, 0.1) is 19.8 Å². The number of amides is 1. The van der Waals surface area contributed by atoms with Gasteiger partial charge in [0, 0.05) is 18.2 Å². The highest BCUT2D eigenvalue weighted by atomic mass is 35.5. The summed E-state index contributed by atoms with van der Waals surface area (Å²) < 4.78 is 10.8. The molecule has 118 valence electrons. The van der Waals surface area contributed by atoms with Crippen molar-refractivity contribution in [1.82, 2.24) is 10.6 Å². The Bertz CT molecular complexity index is 468. The lowest BCUT2D eigenvalue weighted by Gasteiger charge is -2.13. The highest BCUT2D eigenvalue weighted by molar-refractivity contribution is 7.99. The average molecular weight is 333 g/mol. The molecule has 1 aromatic rings. The Morgan fingerprint density at radius 1 is 1.48 bits per heavy atom. The van der Waals surface area contributed by atoms with Gasteiger partial charge in [-0.2, -0.15) is 0 Å². The maximum absolute atomic E-state index is 11.9. The molecule has 5 nitrogen and oxygen atoms in total. The summed E-state index contributed by atoms with van der Waals surface area (Å²) >= 11 is 1.74. The van der Waals surface area contributed by atoms with Gasteiger partial charge in [-0.15, -0.1) is 24.2 Å². The Morgan fingerprint density at radius 3 is 2.90 bits per heavy atom. The van der Waals surface area contributed by atoms with Gasteiger partial charge in [0.15, 0.2) is 11.5 Å². The van der Waals surface area contributed by atoms with Crippen molar-refractivity contribution in [1.29, 1.82) is 0 Å². The summed E-state index contributed by atoms with van der Waals surface area (Å²) in [6.07, 6.45) is 0. The third-order valence-electron chi connectivity index (χ3n) is 3.03. The molecule has 1 unspecified atom stereocenters. The SMILES string of the molecule is CCOc1ccc(CNC(=O)C2CSCN2)cc1OC.Cl. The largest absolute Gasteiger partial charge is 0.493 e. The van der Waals surface area contributed by atoms with E-state index in [0.29, 0.717) is 18.9 Å². The van der Waals surface area contributed by atoms with Crippen molar-refractivity contribution in [3.05, 3.63) is 23.8 Å². The number of hydrogen-bond donors (Lipinski definition) is 2. The molecule has 21 heavy (non-hydrogen) atoms. The summed E-state index contributed by atoms with van der Waals surface area (Å²) in [7, 11) is 1.61. The molecule has 1 aromatic carbocycles. The zero-order valence-corrected chi connectivity index (χ0v) is 13.8. The molecule has 1 aliphatic rings. The van der Waals surface area contributed by atoms with Gasteiger partial charge in [-0.05, 0) is 24.6 Å². The van der Waals surface area contributed by atoms with Crippen molar-refractivity contribution in [2.45, 2.75) is 19.5 Å². The van der Waals surface area contributed by atoms with Crippen LogP contribution in [-0.4, -0.2) is 37.3 Å². The molecule has 1 saturated heterocycles. The zero-order chi connectivity index (χ0) is 14.4. The number of benzene rings is 1. The molecular formula is C14H21ClN2O3S. The van der Waals surface area contributed by atoms with E-state index in [4.69, 9.17) is 9.47 Å². The van der Waals surface area contributed by atoms with Crippen molar-refractivity contribution >= 4 is 30.1 Å². The van der Waals surface area contributed by atoms with Crippen LogP contribution < -0.4 is 20.1 Å². The Balaban J connectivity index is 0.00000220. The molecule has 1 heterocycles. The second-order valence-electron chi connectivity index (χ2n) is 4.41. The molecule has 0 bridgehead atoms. The van der Waals surface area contributed by atoms with Crippen LogP contribution in [0.15, 0.2) is 18.2 Å². The van der Waals surface area contributed by atoms with E-state index in [1.165, 1.54) is 0 Å². The van der Waals surface area contributed by atoms with E-state index in [1.807, 2.05) is 25.1 Å². The molecule has 1 aliphatic heterocycles. The minimum Gasteiger partial charge on any atom is -0.493 e. The van der Waals surface area contributed by atoms with E-state index in [-0.39, 0.29) is 24.4 Å². The van der Waals surface area contributed by atoms with Crippen LogP contribution >= 0.6 is 24.2 Å². The molecule has 0 aliphatic carbocycles. The number of halogens is 1. The minimum absolute atomic E-state index is 0. The van der Waals surface area contributed by atoms with Crippen LogP contribution in [-0.2, 0) is 11.3 Å². The topological polar surface area (TPSA) is 59.6 Å². The second-order valence-corrected chi connectivity index (χ2v) is 5.44. The average Bonchev–Trinajstić information content (AvgIpc) is 3.00. The molecule has 2 N–H and O–H groups in total. The van der Waals surface area contributed by atoms with Crippen molar-refractivity contribution in [2.75, 3.05) is 25.3 Å². The highest BCUT2D eigenvalue weighted by Gasteiger charge is 2.21. The normalized spacial score (nSPS) is 17.0. The van der Waals surface area contributed by atoms with Crippen LogP contribution in [0.25, 0.3) is 0 Å². The van der Waals surface area contributed by atoms with Gasteiger partial charge >= 0.3 is 0 Å². The summed E-state index contributed by atoms with van der Waals surface area (Å²) in [4.78, 5) is 11.9. The lowest BCUT2D eigenvalue weighted by Crippen LogP contribution is -2.41. The third-order valence-corrected chi connectivity index (χ3v) is 3.97. The van der Waals surface area contributed by atoms with Crippen LogP contribution in [0.3, 0.4) is 0 Å². The molecule has 1 amide bonds. The maximum Gasteiger partial charge on any atom is 0.238 e. The third kappa shape index (κ3) is 4.98. The van der Waals surface area contributed by atoms with E-state index in [9.17, 15) is 4.79 Å². The molecule has 0 aromatic heterocycles. The summed E-state index contributed by atoms with van der Waals surface area (Å²) in [5.41, 5.74) is 0.990. The number of thioether (sulfide) groups is 1. The van der Waals surface area contributed by atoms with Crippen LogP contribution in [0.4, 0.5) is 0 Å². The Labute approximate surface area is 135 Å².